The van der Waals surface area contributed by atoms with E-state index < -0.39 is 0 Å². The number of rotatable bonds is 3. The molecule has 0 saturated carbocycles. The van der Waals surface area contributed by atoms with Crippen molar-refractivity contribution >= 4 is 0 Å². The van der Waals surface area contributed by atoms with Crippen LogP contribution in [0.15, 0.2) is 35.1 Å². The van der Waals surface area contributed by atoms with Gasteiger partial charge in [0.05, 0.1) is 5.69 Å². The zero-order valence-electron chi connectivity index (χ0n) is 10.5. The number of aromatic amines is 1. The molecule has 2 rings (SSSR count). The van der Waals surface area contributed by atoms with Crippen LogP contribution in [0.5, 0.6) is 0 Å². The van der Waals surface area contributed by atoms with Crippen molar-refractivity contribution in [1.82, 2.24) is 9.78 Å². The van der Waals surface area contributed by atoms with Gasteiger partial charge in [-0.1, -0.05) is 44.2 Å². The average molecular weight is 230 g/mol. The quantitative estimate of drug-likeness (QED) is 0.864. The Morgan fingerprint density at radius 2 is 1.88 bits per heavy atom. The molecule has 1 heterocycles. The van der Waals surface area contributed by atoms with E-state index in [1.165, 1.54) is 0 Å². The molecule has 0 aliphatic rings. The van der Waals surface area contributed by atoms with Crippen molar-refractivity contribution in [2.45, 2.75) is 33.2 Å². The molecule has 0 aliphatic carbocycles. The molecular weight excluding hydrogens is 212 g/mol. The summed E-state index contributed by atoms with van der Waals surface area (Å²) in [4.78, 5) is 12.2. The second-order valence-electron chi connectivity index (χ2n) is 4.47. The van der Waals surface area contributed by atoms with Crippen LogP contribution in [0.1, 0.15) is 32.3 Å². The predicted octanol–water partition coefficient (Wildman–Crippen LogP) is 2.99. The lowest BCUT2D eigenvalue weighted by Crippen LogP contribution is -2.18. The highest BCUT2D eigenvalue weighted by Crippen LogP contribution is 2.24. The van der Waals surface area contributed by atoms with Crippen molar-refractivity contribution in [3.63, 3.8) is 0 Å². The van der Waals surface area contributed by atoms with Crippen molar-refractivity contribution in [1.29, 1.82) is 0 Å². The zero-order valence-corrected chi connectivity index (χ0v) is 10.5. The lowest BCUT2D eigenvalue weighted by atomic mass is 9.99. The molecule has 0 spiro atoms. The molecule has 0 atom stereocenters. The first-order chi connectivity index (χ1) is 8.15. The summed E-state index contributed by atoms with van der Waals surface area (Å²) in [5.74, 6) is 0.224. The van der Waals surface area contributed by atoms with Gasteiger partial charge in [-0.05, 0) is 18.4 Å². The number of H-pyrrole nitrogens is 1. The summed E-state index contributed by atoms with van der Waals surface area (Å²) in [7, 11) is 0. The number of nitrogens with zero attached hydrogens (tertiary/aromatic N) is 1. The van der Waals surface area contributed by atoms with Crippen LogP contribution in [0.2, 0.25) is 0 Å². The normalized spacial score (nSPS) is 11.1. The number of aryl methyl sites for hydroxylation is 1. The van der Waals surface area contributed by atoms with Crippen LogP contribution in [-0.2, 0) is 6.54 Å². The second-order valence-corrected chi connectivity index (χ2v) is 4.47. The van der Waals surface area contributed by atoms with Gasteiger partial charge in [0.25, 0.3) is 5.56 Å². The molecule has 0 saturated heterocycles. The van der Waals surface area contributed by atoms with Crippen LogP contribution in [0.3, 0.4) is 0 Å². The summed E-state index contributed by atoms with van der Waals surface area (Å²) in [5, 5.41) is 3.20. The highest BCUT2D eigenvalue weighted by Gasteiger charge is 2.17. The lowest BCUT2D eigenvalue weighted by molar-refractivity contribution is 0.636. The number of hydrogen-bond acceptors (Lipinski definition) is 1. The first-order valence-electron chi connectivity index (χ1n) is 6.03. The molecule has 1 aromatic heterocycles. The molecule has 0 radical (unpaired) electrons. The monoisotopic (exact) mass is 230 g/mol. The van der Waals surface area contributed by atoms with Crippen molar-refractivity contribution in [3.05, 3.63) is 46.2 Å². The van der Waals surface area contributed by atoms with Crippen LogP contribution < -0.4 is 5.56 Å². The summed E-state index contributed by atoms with van der Waals surface area (Å²) in [6.45, 7) is 6.75. The third-order valence-corrected chi connectivity index (χ3v) is 2.95. The van der Waals surface area contributed by atoms with Gasteiger partial charge in [0.1, 0.15) is 0 Å². The number of benzene rings is 1. The van der Waals surface area contributed by atoms with E-state index in [4.69, 9.17) is 0 Å². The van der Waals surface area contributed by atoms with E-state index >= 15 is 0 Å². The Kier molecular flexibility index (Phi) is 3.18. The Bertz CT molecular complexity index is 549. The largest absolute Gasteiger partial charge is 0.295 e. The fourth-order valence-electron chi connectivity index (χ4n) is 2.08. The third kappa shape index (κ3) is 2.05. The molecule has 1 N–H and O–H groups in total. The lowest BCUT2D eigenvalue weighted by Gasteiger charge is -2.04. The standard InChI is InChI=1S/C14H18N2O/c1-4-16-14(17)12(10(2)3)13(15-16)11-8-6-5-7-9-11/h5-10,15H,4H2,1-3H3. The fraction of sp³-hybridized carbons (Fsp3) is 0.357. The number of hydrogen-bond donors (Lipinski definition) is 1. The van der Waals surface area contributed by atoms with Crippen LogP contribution >= 0.6 is 0 Å². The van der Waals surface area contributed by atoms with Gasteiger partial charge in [0.2, 0.25) is 0 Å². The Morgan fingerprint density at radius 1 is 1.24 bits per heavy atom. The Morgan fingerprint density at radius 3 is 2.41 bits per heavy atom. The Hall–Kier alpha value is -1.77. The van der Waals surface area contributed by atoms with Crippen molar-refractivity contribution in [2.75, 3.05) is 0 Å². The minimum atomic E-state index is 0.0985. The smallest absolute Gasteiger partial charge is 0.270 e. The first-order valence-corrected chi connectivity index (χ1v) is 6.03. The summed E-state index contributed by atoms with van der Waals surface area (Å²) < 4.78 is 1.66. The molecular formula is C14H18N2O. The maximum atomic E-state index is 12.2. The summed E-state index contributed by atoms with van der Waals surface area (Å²) in [6, 6.07) is 10.0. The minimum absolute atomic E-state index is 0.0985. The van der Waals surface area contributed by atoms with Crippen LogP contribution in [0.4, 0.5) is 0 Å². The maximum Gasteiger partial charge on any atom is 0.270 e. The van der Waals surface area contributed by atoms with Crippen LogP contribution in [0.25, 0.3) is 11.3 Å². The minimum Gasteiger partial charge on any atom is -0.295 e. The molecule has 0 fully saturated rings. The predicted molar refractivity (Wildman–Crippen MR) is 70.3 cm³/mol. The van der Waals surface area contributed by atoms with Gasteiger partial charge in [-0.2, -0.15) is 0 Å². The number of aromatic nitrogens is 2. The van der Waals surface area contributed by atoms with Gasteiger partial charge >= 0.3 is 0 Å². The molecule has 0 bridgehead atoms. The van der Waals surface area contributed by atoms with E-state index in [9.17, 15) is 4.79 Å². The highest BCUT2D eigenvalue weighted by atomic mass is 16.1. The van der Waals surface area contributed by atoms with Gasteiger partial charge in [0.15, 0.2) is 0 Å². The molecule has 1 aromatic carbocycles. The summed E-state index contributed by atoms with van der Waals surface area (Å²) in [5.41, 5.74) is 2.99. The SMILES string of the molecule is CCn1[nH]c(-c2ccccc2)c(C(C)C)c1=O. The third-order valence-electron chi connectivity index (χ3n) is 2.95. The highest BCUT2D eigenvalue weighted by molar-refractivity contribution is 5.63. The van der Waals surface area contributed by atoms with E-state index in [1.807, 2.05) is 37.3 Å². The van der Waals surface area contributed by atoms with Crippen LogP contribution in [-0.4, -0.2) is 9.78 Å². The molecule has 90 valence electrons. The van der Waals surface area contributed by atoms with Gasteiger partial charge in [0, 0.05) is 12.1 Å². The van der Waals surface area contributed by atoms with Crippen molar-refractivity contribution in [3.8, 4) is 11.3 Å². The second kappa shape index (κ2) is 4.62. The van der Waals surface area contributed by atoms with E-state index in [-0.39, 0.29) is 11.5 Å². The van der Waals surface area contributed by atoms with E-state index in [2.05, 4.69) is 18.9 Å². The van der Waals surface area contributed by atoms with Gasteiger partial charge < -0.3 is 0 Å². The molecule has 2 aromatic rings. The van der Waals surface area contributed by atoms with Crippen molar-refractivity contribution < 1.29 is 0 Å². The van der Waals surface area contributed by atoms with Crippen LogP contribution in [0, 0.1) is 0 Å². The molecule has 17 heavy (non-hydrogen) atoms. The average Bonchev–Trinajstić information content (AvgIpc) is 2.67. The summed E-state index contributed by atoms with van der Waals surface area (Å²) in [6.07, 6.45) is 0. The number of nitrogens with one attached hydrogen (secondary N) is 1. The van der Waals surface area contributed by atoms with Gasteiger partial charge in [-0.3, -0.25) is 14.6 Å². The topological polar surface area (TPSA) is 37.8 Å². The van der Waals surface area contributed by atoms with Gasteiger partial charge in [-0.25, -0.2) is 0 Å². The van der Waals surface area contributed by atoms with Crippen molar-refractivity contribution in [2.24, 2.45) is 0 Å². The fourth-order valence-corrected chi connectivity index (χ4v) is 2.08. The molecule has 3 nitrogen and oxygen atoms in total. The molecule has 0 aliphatic heterocycles. The molecule has 3 heteroatoms. The Balaban J connectivity index is 2.66. The van der Waals surface area contributed by atoms with Gasteiger partial charge in [-0.15, -0.1) is 0 Å². The maximum absolute atomic E-state index is 12.2. The van der Waals surface area contributed by atoms with E-state index in [0.29, 0.717) is 6.54 Å². The zero-order chi connectivity index (χ0) is 12.4. The Labute approximate surface area is 101 Å². The summed E-state index contributed by atoms with van der Waals surface area (Å²) >= 11 is 0. The molecule has 0 amide bonds. The van der Waals surface area contributed by atoms with E-state index in [0.717, 1.165) is 16.8 Å². The molecule has 0 unspecified atom stereocenters. The van der Waals surface area contributed by atoms with E-state index in [1.54, 1.807) is 4.68 Å². The first kappa shape index (κ1) is 11.7.